The van der Waals surface area contributed by atoms with Crippen LogP contribution in [0, 0.1) is 12.7 Å². The molecule has 0 aromatic heterocycles. The Kier molecular flexibility index (Phi) is 2.99. The maximum absolute atomic E-state index is 13.6. The number of hydrogen-bond acceptors (Lipinski definition) is 2. The number of fused-ring (bicyclic) bond motifs is 1. The second kappa shape index (κ2) is 4.67. The van der Waals surface area contributed by atoms with E-state index in [-0.39, 0.29) is 5.82 Å². The Morgan fingerprint density at radius 2 is 2.11 bits per heavy atom. The fraction of sp³-hybridized carbons (Fsp3) is 0.250. The lowest BCUT2D eigenvalue weighted by atomic mass is 9.97. The minimum Gasteiger partial charge on any atom is -0.384 e. The molecule has 2 nitrogen and oxygen atoms in total. The minimum absolute atomic E-state index is 0.280. The Bertz CT molecular complexity index is 624. The van der Waals surface area contributed by atoms with Crippen LogP contribution in [0.5, 0.6) is 0 Å². The van der Waals surface area contributed by atoms with Crippen LogP contribution in [0.25, 0.3) is 0 Å². The third-order valence-corrected chi connectivity index (χ3v) is 3.69. The van der Waals surface area contributed by atoms with Crippen LogP contribution in [0.3, 0.4) is 0 Å². The van der Waals surface area contributed by atoms with Crippen LogP contribution >= 0.6 is 0 Å². The van der Waals surface area contributed by atoms with Gasteiger partial charge in [-0.3, -0.25) is 0 Å². The summed E-state index contributed by atoms with van der Waals surface area (Å²) in [5.74, 6) is -0.280. The SMILES string of the molecule is Cc1ccc(C(O)c2cccc3c2NCC3)cc1F. The molecule has 0 radical (unpaired) electrons. The topological polar surface area (TPSA) is 32.3 Å². The number of hydrogen-bond donors (Lipinski definition) is 2. The molecule has 2 aromatic rings. The van der Waals surface area contributed by atoms with Crippen LogP contribution in [0.15, 0.2) is 36.4 Å². The van der Waals surface area contributed by atoms with Gasteiger partial charge in [-0.1, -0.05) is 30.3 Å². The summed E-state index contributed by atoms with van der Waals surface area (Å²) in [5.41, 5.74) is 4.20. The smallest absolute Gasteiger partial charge is 0.126 e. The van der Waals surface area contributed by atoms with Gasteiger partial charge in [0.2, 0.25) is 0 Å². The molecule has 0 saturated heterocycles. The van der Waals surface area contributed by atoms with Gasteiger partial charge >= 0.3 is 0 Å². The first-order valence-electron chi connectivity index (χ1n) is 6.46. The van der Waals surface area contributed by atoms with Gasteiger partial charge in [0.05, 0.1) is 0 Å². The van der Waals surface area contributed by atoms with E-state index in [1.54, 1.807) is 19.1 Å². The molecule has 2 aromatic carbocycles. The molecule has 1 aliphatic rings. The Morgan fingerprint density at radius 1 is 1.26 bits per heavy atom. The molecule has 0 fully saturated rings. The highest BCUT2D eigenvalue weighted by atomic mass is 19.1. The molecule has 1 atom stereocenters. The van der Waals surface area contributed by atoms with E-state index in [4.69, 9.17) is 0 Å². The molecule has 0 amide bonds. The van der Waals surface area contributed by atoms with Gasteiger partial charge < -0.3 is 10.4 Å². The third kappa shape index (κ3) is 2.10. The summed E-state index contributed by atoms with van der Waals surface area (Å²) < 4.78 is 13.6. The van der Waals surface area contributed by atoms with Crippen molar-refractivity contribution in [3.8, 4) is 0 Å². The van der Waals surface area contributed by atoms with Crippen molar-refractivity contribution >= 4 is 5.69 Å². The van der Waals surface area contributed by atoms with Gasteiger partial charge in [0.1, 0.15) is 11.9 Å². The molecule has 0 aliphatic carbocycles. The molecule has 1 aliphatic heterocycles. The van der Waals surface area contributed by atoms with Crippen molar-refractivity contribution in [1.29, 1.82) is 0 Å². The van der Waals surface area contributed by atoms with E-state index in [2.05, 4.69) is 11.4 Å². The van der Waals surface area contributed by atoms with Crippen LogP contribution in [0.2, 0.25) is 0 Å². The van der Waals surface area contributed by atoms with Gasteiger partial charge in [-0.25, -0.2) is 4.39 Å². The van der Waals surface area contributed by atoms with Crippen molar-refractivity contribution in [2.75, 3.05) is 11.9 Å². The van der Waals surface area contributed by atoms with Gasteiger partial charge in [-0.2, -0.15) is 0 Å². The number of nitrogens with one attached hydrogen (secondary N) is 1. The summed E-state index contributed by atoms with van der Waals surface area (Å²) in [7, 11) is 0. The normalized spacial score (nSPS) is 14.9. The highest BCUT2D eigenvalue weighted by Crippen LogP contribution is 2.34. The van der Waals surface area contributed by atoms with Gasteiger partial charge in [0.15, 0.2) is 0 Å². The number of aliphatic hydroxyl groups excluding tert-OH is 1. The van der Waals surface area contributed by atoms with E-state index in [0.717, 1.165) is 24.2 Å². The molecule has 0 saturated carbocycles. The number of para-hydroxylation sites is 1. The maximum Gasteiger partial charge on any atom is 0.126 e. The molecule has 3 rings (SSSR count). The van der Waals surface area contributed by atoms with Crippen LogP contribution in [0.4, 0.5) is 10.1 Å². The Labute approximate surface area is 111 Å². The number of aryl methyl sites for hydroxylation is 1. The summed E-state index contributed by atoms with van der Waals surface area (Å²) in [5, 5.41) is 13.8. The number of halogens is 1. The largest absolute Gasteiger partial charge is 0.384 e. The predicted octanol–water partition coefficient (Wildman–Crippen LogP) is 3.18. The molecule has 3 heteroatoms. The van der Waals surface area contributed by atoms with E-state index >= 15 is 0 Å². The standard InChI is InChI=1S/C16H16FNO/c1-10-5-6-12(9-14(10)17)16(19)13-4-2-3-11-7-8-18-15(11)13/h2-6,9,16,18-19H,7-8H2,1H3. The van der Waals surface area contributed by atoms with Crippen molar-refractivity contribution in [3.63, 3.8) is 0 Å². The zero-order valence-electron chi connectivity index (χ0n) is 10.8. The second-order valence-electron chi connectivity index (χ2n) is 4.97. The van der Waals surface area contributed by atoms with Crippen molar-refractivity contribution in [1.82, 2.24) is 0 Å². The molecule has 2 N–H and O–H groups in total. The van der Waals surface area contributed by atoms with E-state index in [1.807, 2.05) is 12.1 Å². The monoisotopic (exact) mass is 257 g/mol. The third-order valence-electron chi connectivity index (χ3n) is 3.69. The van der Waals surface area contributed by atoms with Gasteiger partial charge in [0, 0.05) is 17.8 Å². The molecule has 98 valence electrons. The van der Waals surface area contributed by atoms with E-state index in [0.29, 0.717) is 11.1 Å². The van der Waals surface area contributed by atoms with Gasteiger partial charge in [-0.05, 0) is 36.1 Å². The molecule has 1 unspecified atom stereocenters. The quantitative estimate of drug-likeness (QED) is 0.866. The fourth-order valence-corrected chi connectivity index (χ4v) is 2.55. The minimum atomic E-state index is -0.796. The Hall–Kier alpha value is -1.87. The summed E-state index contributed by atoms with van der Waals surface area (Å²) in [6.45, 7) is 2.61. The van der Waals surface area contributed by atoms with Gasteiger partial charge in [-0.15, -0.1) is 0 Å². The van der Waals surface area contributed by atoms with Crippen LogP contribution < -0.4 is 5.32 Å². The summed E-state index contributed by atoms with van der Waals surface area (Å²) in [4.78, 5) is 0. The average Bonchev–Trinajstić information content (AvgIpc) is 2.89. The predicted molar refractivity (Wildman–Crippen MR) is 73.8 cm³/mol. The highest BCUT2D eigenvalue weighted by molar-refractivity contribution is 5.63. The number of benzene rings is 2. The van der Waals surface area contributed by atoms with E-state index in [9.17, 15) is 9.50 Å². The number of anilines is 1. The van der Waals surface area contributed by atoms with Crippen molar-refractivity contribution < 1.29 is 9.50 Å². The Morgan fingerprint density at radius 3 is 2.89 bits per heavy atom. The van der Waals surface area contributed by atoms with Crippen LogP contribution in [0.1, 0.15) is 28.4 Å². The molecule has 0 spiro atoms. The van der Waals surface area contributed by atoms with E-state index in [1.165, 1.54) is 11.6 Å². The van der Waals surface area contributed by atoms with Gasteiger partial charge in [0.25, 0.3) is 0 Å². The average molecular weight is 257 g/mol. The van der Waals surface area contributed by atoms with Crippen molar-refractivity contribution in [2.45, 2.75) is 19.4 Å². The molecular formula is C16H16FNO. The van der Waals surface area contributed by atoms with Crippen LogP contribution in [-0.2, 0) is 6.42 Å². The zero-order valence-corrected chi connectivity index (χ0v) is 10.8. The second-order valence-corrected chi connectivity index (χ2v) is 4.97. The maximum atomic E-state index is 13.6. The molecule has 19 heavy (non-hydrogen) atoms. The highest BCUT2D eigenvalue weighted by Gasteiger charge is 2.20. The first kappa shape index (κ1) is 12.2. The lowest BCUT2D eigenvalue weighted by Gasteiger charge is -2.16. The van der Waals surface area contributed by atoms with Crippen molar-refractivity contribution in [3.05, 3.63) is 64.5 Å². The lowest BCUT2D eigenvalue weighted by Crippen LogP contribution is -2.04. The lowest BCUT2D eigenvalue weighted by molar-refractivity contribution is 0.220. The summed E-state index contributed by atoms with van der Waals surface area (Å²) in [6.07, 6.45) is 0.175. The van der Waals surface area contributed by atoms with E-state index < -0.39 is 6.10 Å². The summed E-state index contributed by atoms with van der Waals surface area (Å²) in [6, 6.07) is 10.8. The summed E-state index contributed by atoms with van der Waals surface area (Å²) >= 11 is 0. The molecular weight excluding hydrogens is 241 g/mol. The number of rotatable bonds is 2. The fourth-order valence-electron chi connectivity index (χ4n) is 2.55. The first-order valence-corrected chi connectivity index (χ1v) is 6.46. The van der Waals surface area contributed by atoms with Crippen LogP contribution in [-0.4, -0.2) is 11.7 Å². The number of aliphatic hydroxyl groups is 1. The molecule has 0 bridgehead atoms. The molecule has 1 heterocycles. The Balaban J connectivity index is 2.02. The zero-order chi connectivity index (χ0) is 13.4. The first-order chi connectivity index (χ1) is 9.16. The van der Waals surface area contributed by atoms with Crippen molar-refractivity contribution in [2.24, 2.45) is 0 Å².